The summed E-state index contributed by atoms with van der Waals surface area (Å²) in [6, 6.07) is 0. The van der Waals surface area contributed by atoms with Crippen molar-refractivity contribution in [2.75, 3.05) is 13.2 Å². The van der Waals surface area contributed by atoms with Crippen molar-refractivity contribution in [2.24, 2.45) is 0 Å². The zero-order valence-corrected chi connectivity index (χ0v) is 9.83. The topological polar surface area (TPSA) is 55.8 Å². The Morgan fingerprint density at radius 2 is 1.47 bits per heavy atom. The second-order valence-corrected chi connectivity index (χ2v) is 4.45. The highest BCUT2D eigenvalue weighted by Crippen LogP contribution is 2.43. The second kappa shape index (κ2) is 8.86. The maximum absolute atomic E-state index is 11.2. The molecule has 0 aromatic carbocycles. The summed E-state index contributed by atoms with van der Waals surface area (Å²) in [5, 5.41) is 0. The van der Waals surface area contributed by atoms with Gasteiger partial charge in [-0.25, -0.2) is 4.57 Å². The van der Waals surface area contributed by atoms with E-state index in [1.807, 2.05) is 0 Å². The van der Waals surface area contributed by atoms with E-state index in [-0.39, 0.29) is 13.2 Å². The van der Waals surface area contributed by atoms with Crippen LogP contribution in [0.5, 0.6) is 0 Å². The first kappa shape index (κ1) is 14.6. The number of phosphoric acid groups is 1. The number of hydrogen-bond donors (Lipinski definition) is 1. The van der Waals surface area contributed by atoms with Gasteiger partial charge in [-0.15, -0.1) is 13.2 Å². The molecule has 0 saturated carbocycles. The van der Waals surface area contributed by atoms with E-state index in [1.54, 1.807) is 12.2 Å². The van der Waals surface area contributed by atoms with Crippen molar-refractivity contribution in [2.45, 2.75) is 25.7 Å². The molecule has 0 atom stereocenters. The summed E-state index contributed by atoms with van der Waals surface area (Å²) in [6.45, 7) is 7.49. The molecule has 0 spiro atoms. The minimum Gasteiger partial charge on any atom is -0.302 e. The monoisotopic (exact) mass is 234 g/mol. The van der Waals surface area contributed by atoms with Gasteiger partial charge < -0.3 is 4.89 Å². The molecule has 0 aromatic heterocycles. The predicted molar refractivity (Wildman–Crippen MR) is 60.6 cm³/mol. The highest BCUT2D eigenvalue weighted by atomic mass is 31.2. The Bertz CT molecular complexity index is 207. The van der Waals surface area contributed by atoms with Crippen molar-refractivity contribution in [3.05, 3.63) is 25.3 Å². The Kier molecular flexibility index (Phi) is 8.62. The lowest BCUT2D eigenvalue weighted by Gasteiger charge is -2.11. The molecule has 0 aromatic rings. The molecule has 0 saturated heterocycles. The van der Waals surface area contributed by atoms with Crippen LogP contribution >= 0.6 is 7.82 Å². The molecule has 0 radical (unpaired) electrons. The summed E-state index contributed by atoms with van der Waals surface area (Å²) < 4.78 is 20.7. The van der Waals surface area contributed by atoms with Crippen molar-refractivity contribution in [3.63, 3.8) is 0 Å². The molecule has 0 aliphatic rings. The lowest BCUT2D eigenvalue weighted by atomic mass is 10.3. The van der Waals surface area contributed by atoms with Crippen LogP contribution in [0.4, 0.5) is 0 Å². The van der Waals surface area contributed by atoms with Crippen LogP contribution in [0.25, 0.3) is 0 Å². The van der Waals surface area contributed by atoms with Crippen molar-refractivity contribution in [1.29, 1.82) is 0 Å². The molecule has 0 aliphatic carbocycles. The molecular formula is C10H19O4P. The predicted octanol–water partition coefficient (Wildman–Crippen LogP) is 3.05. The molecule has 0 heterocycles. The van der Waals surface area contributed by atoms with Crippen LogP contribution < -0.4 is 0 Å². The largest absolute Gasteiger partial charge is 0.472 e. The molecule has 88 valence electrons. The fraction of sp³-hybridized carbons (Fsp3) is 0.600. The maximum atomic E-state index is 11.2. The molecule has 0 rings (SSSR count). The lowest BCUT2D eigenvalue weighted by Crippen LogP contribution is -1.98. The quantitative estimate of drug-likeness (QED) is 0.358. The lowest BCUT2D eigenvalue weighted by molar-refractivity contribution is 0.147. The first-order valence-electron chi connectivity index (χ1n) is 4.96. The van der Waals surface area contributed by atoms with E-state index in [0.29, 0.717) is 12.8 Å². The van der Waals surface area contributed by atoms with Gasteiger partial charge in [-0.3, -0.25) is 9.05 Å². The van der Waals surface area contributed by atoms with Gasteiger partial charge in [-0.05, 0) is 25.7 Å². The third-order valence-corrected chi connectivity index (χ3v) is 2.63. The normalized spacial score (nSPS) is 11.3. The minimum absolute atomic E-state index is 0.210. The summed E-state index contributed by atoms with van der Waals surface area (Å²) in [7, 11) is -3.84. The van der Waals surface area contributed by atoms with Crippen LogP contribution in [0.1, 0.15) is 25.7 Å². The molecule has 15 heavy (non-hydrogen) atoms. The van der Waals surface area contributed by atoms with Gasteiger partial charge in [-0.1, -0.05) is 12.2 Å². The first-order chi connectivity index (χ1) is 7.12. The van der Waals surface area contributed by atoms with Crippen LogP contribution in [0.3, 0.4) is 0 Å². The minimum atomic E-state index is -3.84. The van der Waals surface area contributed by atoms with Gasteiger partial charge in [0.05, 0.1) is 13.2 Å². The number of hydrogen-bond acceptors (Lipinski definition) is 3. The van der Waals surface area contributed by atoms with E-state index < -0.39 is 7.82 Å². The third kappa shape index (κ3) is 9.88. The van der Waals surface area contributed by atoms with E-state index in [4.69, 9.17) is 9.05 Å². The third-order valence-electron chi connectivity index (χ3n) is 1.61. The standard InChI is InChI=1S/C10H19O4P/c1-3-5-7-9-13-15(11,12)14-10-8-6-4-2/h3-4H,1-2,5-10H2,(H,11,12). The highest BCUT2D eigenvalue weighted by Gasteiger charge is 2.19. The Hall–Kier alpha value is -0.410. The first-order valence-corrected chi connectivity index (χ1v) is 6.45. The van der Waals surface area contributed by atoms with Crippen molar-refractivity contribution in [1.82, 2.24) is 0 Å². The van der Waals surface area contributed by atoms with Crippen LogP contribution in [0.2, 0.25) is 0 Å². The fourth-order valence-electron chi connectivity index (χ4n) is 0.852. The number of rotatable bonds is 10. The highest BCUT2D eigenvalue weighted by molar-refractivity contribution is 7.47. The molecule has 5 heteroatoms. The van der Waals surface area contributed by atoms with E-state index >= 15 is 0 Å². The fourth-order valence-corrected chi connectivity index (χ4v) is 1.65. The molecule has 0 amide bonds. The smallest absolute Gasteiger partial charge is 0.302 e. The van der Waals surface area contributed by atoms with Gasteiger partial charge in [-0.2, -0.15) is 0 Å². The SMILES string of the molecule is C=CCCCOP(=O)(O)OCCCC=C. The summed E-state index contributed by atoms with van der Waals surface area (Å²) in [5.74, 6) is 0. The summed E-state index contributed by atoms with van der Waals surface area (Å²) in [4.78, 5) is 9.17. The van der Waals surface area contributed by atoms with Crippen molar-refractivity contribution >= 4 is 7.82 Å². The molecular weight excluding hydrogens is 215 g/mol. The van der Waals surface area contributed by atoms with Gasteiger partial charge in [0.1, 0.15) is 0 Å². The molecule has 0 bridgehead atoms. The Morgan fingerprint density at radius 1 is 1.07 bits per heavy atom. The van der Waals surface area contributed by atoms with Crippen molar-refractivity contribution in [3.8, 4) is 0 Å². The van der Waals surface area contributed by atoms with Crippen LogP contribution in [-0.2, 0) is 13.6 Å². The number of unbranched alkanes of at least 4 members (excludes halogenated alkanes) is 2. The average molecular weight is 234 g/mol. The zero-order valence-electron chi connectivity index (χ0n) is 8.93. The number of allylic oxidation sites excluding steroid dienone is 2. The Balaban J connectivity index is 3.53. The van der Waals surface area contributed by atoms with Crippen LogP contribution in [0.15, 0.2) is 25.3 Å². The molecule has 4 nitrogen and oxygen atoms in total. The van der Waals surface area contributed by atoms with E-state index in [1.165, 1.54) is 0 Å². The Morgan fingerprint density at radius 3 is 1.80 bits per heavy atom. The summed E-state index contributed by atoms with van der Waals surface area (Å²) in [5.41, 5.74) is 0. The van der Waals surface area contributed by atoms with Crippen molar-refractivity contribution < 1.29 is 18.5 Å². The molecule has 0 unspecified atom stereocenters. The molecule has 1 N–H and O–H groups in total. The molecule has 0 fully saturated rings. The number of phosphoric ester groups is 1. The zero-order chi connectivity index (χ0) is 11.6. The van der Waals surface area contributed by atoms with Gasteiger partial charge in [0.2, 0.25) is 0 Å². The van der Waals surface area contributed by atoms with Gasteiger partial charge in [0, 0.05) is 0 Å². The Labute approximate surface area is 91.2 Å². The van der Waals surface area contributed by atoms with Gasteiger partial charge in [0.25, 0.3) is 0 Å². The maximum Gasteiger partial charge on any atom is 0.472 e. The van der Waals surface area contributed by atoms with Gasteiger partial charge >= 0.3 is 7.82 Å². The van der Waals surface area contributed by atoms with Crippen LogP contribution in [-0.4, -0.2) is 18.1 Å². The molecule has 0 aliphatic heterocycles. The van der Waals surface area contributed by atoms with E-state index in [9.17, 15) is 9.46 Å². The van der Waals surface area contributed by atoms with Crippen LogP contribution in [0, 0.1) is 0 Å². The van der Waals surface area contributed by atoms with E-state index in [0.717, 1.165) is 12.8 Å². The average Bonchev–Trinajstić information content (AvgIpc) is 2.20. The summed E-state index contributed by atoms with van der Waals surface area (Å²) in [6.07, 6.45) is 6.33. The second-order valence-electron chi connectivity index (χ2n) is 3.00. The summed E-state index contributed by atoms with van der Waals surface area (Å²) >= 11 is 0. The van der Waals surface area contributed by atoms with Gasteiger partial charge in [0.15, 0.2) is 0 Å². The van der Waals surface area contributed by atoms with E-state index in [2.05, 4.69) is 13.2 Å².